The molecule has 0 spiro atoms. The average molecular weight is 417 g/mol. The monoisotopic (exact) mass is 416 g/mol. The van der Waals surface area contributed by atoms with Gasteiger partial charge in [-0.15, -0.1) is 0 Å². The lowest BCUT2D eigenvalue weighted by molar-refractivity contribution is -0.139. The summed E-state index contributed by atoms with van der Waals surface area (Å²) in [5.41, 5.74) is 1.88. The van der Waals surface area contributed by atoms with E-state index in [4.69, 9.17) is 21.4 Å². The number of hydrogen-bond donors (Lipinski definition) is 1. The number of aliphatic carboxylic acids is 1. The summed E-state index contributed by atoms with van der Waals surface area (Å²) >= 11 is 6.13. The molecule has 1 amide bonds. The van der Waals surface area contributed by atoms with Gasteiger partial charge in [0.05, 0.1) is 6.42 Å². The molecule has 29 heavy (non-hydrogen) atoms. The summed E-state index contributed by atoms with van der Waals surface area (Å²) in [5.74, 6) is -0.349. The van der Waals surface area contributed by atoms with Crippen LogP contribution in [0, 0.1) is 0 Å². The van der Waals surface area contributed by atoms with Crippen LogP contribution in [0.1, 0.15) is 17.5 Å². The smallest absolute Gasteiger partial charge is 0.341 e. The minimum absolute atomic E-state index is 0.145. The predicted molar refractivity (Wildman–Crippen MR) is 111 cm³/mol. The number of carboxylic acid groups (broad SMARTS) is 1. The standard InChI is InChI=1S/C22H25ClN2O4/c23-19-7-8-20(29-16-22(27)28)18(14-19)15-24-9-4-10-25(12-11-24)21(26)13-17-5-2-1-3-6-17/h1-3,5-8,14H,4,9-13,15-16H2,(H,27,28). The van der Waals surface area contributed by atoms with Crippen LogP contribution in [-0.2, 0) is 22.6 Å². The van der Waals surface area contributed by atoms with Crippen molar-refractivity contribution in [3.8, 4) is 5.75 Å². The molecule has 7 heteroatoms. The van der Waals surface area contributed by atoms with Crippen LogP contribution in [0.2, 0.25) is 5.02 Å². The van der Waals surface area contributed by atoms with Gasteiger partial charge in [0.15, 0.2) is 6.61 Å². The van der Waals surface area contributed by atoms with E-state index in [0.29, 0.717) is 30.3 Å². The summed E-state index contributed by atoms with van der Waals surface area (Å²) in [6, 6.07) is 15.0. The van der Waals surface area contributed by atoms with E-state index in [1.807, 2.05) is 41.3 Å². The second kappa shape index (κ2) is 10.3. The average Bonchev–Trinajstić information content (AvgIpc) is 2.94. The van der Waals surface area contributed by atoms with Crippen molar-refractivity contribution in [2.75, 3.05) is 32.8 Å². The molecule has 154 valence electrons. The first-order valence-corrected chi connectivity index (χ1v) is 10.1. The van der Waals surface area contributed by atoms with Crippen molar-refractivity contribution in [3.05, 3.63) is 64.7 Å². The van der Waals surface area contributed by atoms with E-state index in [1.165, 1.54) is 0 Å². The van der Waals surface area contributed by atoms with Crippen LogP contribution in [0.4, 0.5) is 0 Å². The van der Waals surface area contributed by atoms with E-state index in [1.54, 1.807) is 12.1 Å². The third-order valence-electron chi connectivity index (χ3n) is 4.91. The molecule has 0 saturated carbocycles. The number of halogens is 1. The number of carbonyl (C=O) groups excluding carboxylic acids is 1. The van der Waals surface area contributed by atoms with E-state index in [2.05, 4.69) is 4.90 Å². The van der Waals surface area contributed by atoms with Gasteiger partial charge in [-0.2, -0.15) is 0 Å². The van der Waals surface area contributed by atoms with Crippen LogP contribution in [0.5, 0.6) is 5.75 Å². The highest BCUT2D eigenvalue weighted by atomic mass is 35.5. The molecule has 3 rings (SSSR count). The highest BCUT2D eigenvalue weighted by Gasteiger charge is 2.20. The first kappa shape index (κ1) is 21.1. The molecule has 1 heterocycles. The first-order valence-electron chi connectivity index (χ1n) is 9.68. The maximum Gasteiger partial charge on any atom is 0.341 e. The van der Waals surface area contributed by atoms with Gasteiger partial charge in [0.25, 0.3) is 0 Å². The van der Waals surface area contributed by atoms with Crippen molar-refractivity contribution in [1.82, 2.24) is 9.80 Å². The number of carboxylic acids is 1. The molecular weight excluding hydrogens is 392 g/mol. The minimum atomic E-state index is -1.02. The van der Waals surface area contributed by atoms with Gasteiger partial charge in [-0.05, 0) is 30.2 Å². The molecule has 2 aromatic carbocycles. The molecule has 0 aliphatic carbocycles. The van der Waals surface area contributed by atoms with Crippen molar-refractivity contribution >= 4 is 23.5 Å². The van der Waals surface area contributed by atoms with Crippen molar-refractivity contribution in [2.45, 2.75) is 19.4 Å². The van der Waals surface area contributed by atoms with E-state index in [9.17, 15) is 9.59 Å². The molecule has 0 unspecified atom stereocenters. The van der Waals surface area contributed by atoms with Crippen LogP contribution in [0.3, 0.4) is 0 Å². The van der Waals surface area contributed by atoms with Gasteiger partial charge in [-0.25, -0.2) is 4.79 Å². The Morgan fingerprint density at radius 2 is 1.83 bits per heavy atom. The quantitative estimate of drug-likeness (QED) is 0.751. The molecule has 2 aromatic rings. The third kappa shape index (κ3) is 6.48. The maximum absolute atomic E-state index is 12.6. The molecule has 0 atom stereocenters. The van der Waals surface area contributed by atoms with Gasteiger partial charge < -0.3 is 14.7 Å². The molecule has 0 bridgehead atoms. The summed E-state index contributed by atoms with van der Waals surface area (Å²) in [6.45, 7) is 3.19. The Kier molecular flexibility index (Phi) is 7.49. The molecule has 1 fully saturated rings. The lowest BCUT2D eigenvalue weighted by atomic mass is 10.1. The van der Waals surface area contributed by atoms with Gasteiger partial charge >= 0.3 is 5.97 Å². The number of carbonyl (C=O) groups is 2. The van der Waals surface area contributed by atoms with E-state index < -0.39 is 12.6 Å². The summed E-state index contributed by atoms with van der Waals surface area (Å²) in [6.07, 6.45) is 1.30. The maximum atomic E-state index is 12.6. The number of hydrogen-bond acceptors (Lipinski definition) is 4. The van der Waals surface area contributed by atoms with Crippen molar-refractivity contribution < 1.29 is 19.4 Å². The Morgan fingerprint density at radius 1 is 1.03 bits per heavy atom. The van der Waals surface area contributed by atoms with Gasteiger partial charge in [-0.1, -0.05) is 41.9 Å². The number of nitrogens with zero attached hydrogens (tertiary/aromatic N) is 2. The van der Waals surface area contributed by atoms with Gasteiger partial charge in [0.1, 0.15) is 5.75 Å². The summed E-state index contributed by atoms with van der Waals surface area (Å²) < 4.78 is 5.40. The Balaban J connectivity index is 1.59. The topological polar surface area (TPSA) is 70.1 Å². The minimum Gasteiger partial charge on any atom is -0.482 e. The number of benzene rings is 2. The normalized spacial score (nSPS) is 15.0. The fourth-order valence-corrected chi connectivity index (χ4v) is 3.65. The Hall–Kier alpha value is -2.57. The molecular formula is C22H25ClN2O4. The largest absolute Gasteiger partial charge is 0.482 e. The zero-order valence-corrected chi connectivity index (χ0v) is 17.0. The van der Waals surface area contributed by atoms with Crippen molar-refractivity contribution in [3.63, 3.8) is 0 Å². The fourth-order valence-electron chi connectivity index (χ4n) is 3.45. The highest BCUT2D eigenvalue weighted by molar-refractivity contribution is 6.30. The molecule has 0 radical (unpaired) electrons. The highest BCUT2D eigenvalue weighted by Crippen LogP contribution is 2.25. The van der Waals surface area contributed by atoms with E-state index in [-0.39, 0.29) is 5.91 Å². The van der Waals surface area contributed by atoms with Crippen LogP contribution < -0.4 is 4.74 Å². The Morgan fingerprint density at radius 3 is 2.59 bits per heavy atom. The van der Waals surface area contributed by atoms with Crippen LogP contribution in [0.15, 0.2) is 48.5 Å². The molecule has 1 N–H and O–H groups in total. The molecule has 6 nitrogen and oxygen atoms in total. The van der Waals surface area contributed by atoms with Crippen LogP contribution in [-0.4, -0.2) is 59.6 Å². The number of ether oxygens (including phenoxy) is 1. The summed E-state index contributed by atoms with van der Waals surface area (Å²) in [5, 5.41) is 9.45. The van der Waals surface area contributed by atoms with Crippen molar-refractivity contribution in [1.29, 1.82) is 0 Å². The number of amides is 1. The third-order valence-corrected chi connectivity index (χ3v) is 5.14. The van der Waals surface area contributed by atoms with Gasteiger partial charge in [0.2, 0.25) is 5.91 Å². The van der Waals surface area contributed by atoms with E-state index in [0.717, 1.165) is 37.2 Å². The van der Waals surface area contributed by atoms with Gasteiger partial charge in [-0.3, -0.25) is 9.69 Å². The zero-order valence-electron chi connectivity index (χ0n) is 16.2. The Labute approximate surface area is 175 Å². The second-order valence-electron chi connectivity index (χ2n) is 7.11. The molecule has 1 aliphatic rings. The predicted octanol–water partition coefficient (Wildman–Crippen LogP) is 3.08. The number of rotatable bonds is 7. The Bertz CT molecular complexity index is 844. The summed E-state index contributed by atoms with van der Waals surface area (Å²) in [7, 11) is 0. The SMILES string of the molecule is O=C(O)COc1ccc(Cl)cc1CN1CCCN(C(=O)Cc2ccccc2)CC1. The van der Waals surface area contributed by atoms with Crippen LogP contribution >= 0.6 is 11.6 Å². The van der Waals surface area contributed by atoms with Crippen LogP contribution in [0.25, 0.3) is 0 Å². The lowest BCUT2D eigenvalue weighted by Gasteiger charge is -2.23. The summed E-state index contributed by atoms with van der Waals surface area (Å²) in [4.78, 5) is 27.6. The van der Waals surface area contributed by atoms with E-state index >= 15 is 0 Å². The first-order chi connectivity index (χ1) is 14.0. The second-order valence-corrected chi connectivity index (χ2v) is 7.54. The lowest BCUT2D eigenvalue weighted by Crippen LogP contribution is -2.36. The van der Waals surface area contributed by atoms with Gasteiger partial charge in [0, 0.05) is 43.3 Å². The molecule has 1 aliphatic heterocycles. The fraction of sp³-hybridized carbons (Fsp3) is 0.364. The molecule has 0 aromatic heterocycles. The molecule has 1 saturated heterocycles. The zero-order chi connectivity index (χ0) is 20.6. The van der Waals surface area contributed by atoms with Crippen molar-refractivity contribution in [2.24, 2.45) is 0 Å².